The van der Waals surface area contributed by atoms with E-state index >= 15 is 0 Å². The summed E-state index contributed by atoms with van der Waals surface area (Å²) in [6.07, 6.45) is 1.71. The molecule has 1 aromatic rings. The lowest BCUT2D eigenvalue weighted by molar-refractivity contribution is -0.143. The Balaban J connectivity index is 2.24. The number of hydrogen-bond acceptors (Lipinski definition) is 4. The van der Waals surface area contributed by atoms with Crippen molar-refractivity contribution in [2.45, 2.75) is 45.3 Å². The van der Waals surface area contributed by atoms with Gasteiger partial charge in [-0.3, -0.25) is 9.48 Å². The third-order valence-corrected chi connectivity index (χ3v) is 3.76. The lowest BCUT2D eigenvalue weighted by atomic mass is 10.0. The average Bonchev–Trinajstić information content (AvgIpc) is 2.78. The number of ether oxygens (including phenoxy) is 2. The van der Waals surface area contributed by atoms with Crippen LogP contribution in [-0.2, 0) is 16.5 Å². The van der Waals surface area contributed by atoms with Gasteiger partial charge in [0, 0.05) is 33.4 Å². The van der Waals surface area contributed by atoms with E-state index in [0.29, 0.717) is 25.3 Å². The first-order chi connectivity index (χ1) is 10.2. The van der Waals surface area contributed by atoms with Crippen LogP contribution in [0.3, 0.4) is 0 Å². The molecule has 0 N–H and O–H groups in total. The van der Waals surface area contributed by atoms with Crippen LogP contribution in [0, 0.1) is 0 Å². The topological polar surface area (TPSA) is 56.6 Å². The second-order valence-corrected chi connectivity index (χ2v) is 6.90. The number of morpholine rings is 1. The van der Waals surface area contributed by atoms with E-state index in [1.54, 1.807) is 11.8 Å². The second-order valence-electron chi connectivity index (χ2n) is 6.90. The van der Waals surface area contributed by atoms with Crippen molar-refractivity contribution >= 4 is 5.91 Å². The molecule has 1 aromatic heterocycles. The van der Waals surface area contributed by atoms with Crippen molar-refractivity contribution in [2.75, 3.05) is 26.8 Å². The molecule has 0 radical (unpaired) electrons. The van der Waals surface area contributed by atoms with Gasteiger partial charge in [0.15, 0.2) is 0 Å². The van der Waals surface area contributed by atoms with Crippen LogP contribution in [0.2, 0.25) is 0 Å². The molecule has 0 unspecified atom stereocenters. The van der Waals surface area contributed by atoms with Gasteiger partial charge in [0.2, 0.25) is 0 Å². The smallest absolute Gasteiger partial charge is 0.257 e. The minimum Gasteiger partial charge on any atom is -0.382 e. The Labute approximate surface area is 132 Å². The highest BCUT2D eigenvalue weighted by Gasteiger charge is 2.37. The molecule has 0 bridgehead atoms. The van der Waals surface area contributed by atoms with E-state index in [1.165, 1.54) is 0 Å². The molecular weight excluding hydrogens is 282 g/mol. The van der Waals surface area contributed by atoms with Crippen LogP contribution in [-0.4, -0.2) is 59.1 Å². The molecule has 0 aromatic carbocycles. The normalized spacial score (nSPS) is 21.4. The molecular formula is C16H27N3O3. The molecule has 0 saturated carbocycles. The summed E-state index contributed by atoms with van der Waals surface area (Å²) in [7, 11) is 3.49. The van der Waals surface area contributed by atoms with Crippen molar-refractivity contribution in [3.05, 3.63) is 17.5 Å². The number of aromatic nitrogens is 2. The van der Waals surface area contributed by atoms with Crippen LogP contribution in [0.15, 0.2) is 6.20 Å². The molecule has 0 aliphatic carbocycles. The van der Waals surface area contributed by atoms with E-state index in [-0.39, 0.29) is 23.5 Å². The maximum Gasteiger partial charge on any atom is 0.257 e. The third-order valence-electron chi connectivity index (χ3n) is 3.76. The van der Waals surface area contributed by atoms with Gasteiger partial charge in [-0.15, -0.1) is 0 Å². The molecule has 1 amide bonds. The molecule has 22 heavy (non-hydrogen) atoms. The Morgan fingerprint density at radius 3 is 2.82 bits per heavy atom. The Hall–Kier alpha value is -1.40. The first-order valence-electron chi connectivity index (χ1n) is 7.73. The van der Waals surface area contributed by atoms with Gasteiger partial charge in [-0.05, 0) is 19.8 Å². The Morgan fingerprint density at radius 1 is 1.55 bits per heavy atom. The van der Waals surface area contributed by atoms with Crippen LogP contribution < -0.4 is 0 Å². The van der Waals surface area contributed by atoms with Crippen LogP contribution in [0.4, 0.5) is 0 Å². The van der Waals surface area contributed by atoms with Gasteiger partial charge >= 0.3 is 0 Å². The zero-order valence-electron chi connectivity index (χ0n) is 14.4. The number of carbonyl (C=O) groups is 1. The van der Waals surface area contributed by atoms with Crippen molar-refractivity contribution < 1.29 is 14.3 Å². The summed E-state index contributed by atoms with van der Waals surface area (Å²) in [6.45, 7) is 9.70. The highest BCUT2D eigenvalue weighted by atomic mass is 16.5. The highest BCUT2D eigenvalue weighted by molar-refractivity contribution is 5.95. The molecule has 0 spiro atoms. The predicted octanol–water partition coefficient (Wildman–Crippen LogP) is 1.81. The standard InChI is InChI=1S/C16H27N3O3/c1-11(2)14-13(8-18(5)17-14)15(20)19-7-12(9-21-6)22-16(3,4)10-19/h8,11-12H,7,9-10H2,1-6H3/t12-/m1/s1. The molecule has 6 heteroatoms. The quantitative estimate of drug-likeness (QED) is 0.851. The number of nitrogens with zero attached hydrogens (tertiary/aromatic N) is 3. The van der Waals surface area contributed by atoms with E-state index in [9.17, 15) is 4.79 Å². The molecule has 6 nitrogen and oxygen atoms in total. The lowest BCUT2D eigenvalue weighted by Crippen LogP contribution is -2.55. The maximum atomic E-state index is 13.0. The Kier molecular flexibility index (Phi) is 4.92. The molecule has 124 valence electrons. The van der Waals surface area contributed by atoms with E-state index in [1.807, 2.05) is 32.0 Å². The van der Waals surface area contributed by atoms with Gasteiger partial charge in [-0.25, -0.2) is 0 Å². The average molecular weight is 309 g/mol. The van der Waals surface area contributed by atoms with Crippen LogP contribution >= 0.6 is 0 Å². The zero-order chi connectivity index (χ0) is 16.5. The fraction of sp³-hybridized carbons (Fsp3) is 0.750. The summed E-state index contributed by atoms with van der Waals surface area (Å²) >= 11 is 0. The molecule has 1 aliphatic heterocycles. The first-order valence-corrected chi connectivity index (χ1v) is 7.73. The number of aryl methyl sites for hydroxylation is 1. The minimum atomic E-state index is -0.378. The molecule has 1 saturated heterocycles. The third kappa shape index (κ3) is 3.67. The van der Waals surface area contributed by atoms with Gasteiger partial charge in [0.25, 0.3) is 5.91 Å². The monoisotopic (exact) mass is 309 g/mol. The largest absolute Gasteiger partial charge is 0.382 e. The summed E-state index contributed by atoms with van der Waals surface area (Å²) in [5, 5.41) is 4.43. The number of methoxy groups -OCH3 is 1. The SMILES string of the molecule is COC[C@H]1CN(C(=O)c2cn(C)nc2C(C)C)CC(C)(C)O1. The van der Waals surface area contributed by atoms with Crippen LogP contribution in [0.25, 0.3) is 0 Å². The van der Waals surface area contributed by atoms with Gasteiger partial charge in [0.05, 0.1) is 29.6 Å². The van der Waals surface area contributed by atoms with E-state index < -0.39 is 0 Å². The summed E-state index contributed by atoms with van der Waals surface area (Å²) in [5.74, 6) is 0.234. The molecule has 1 atom stereocenters. The number of amides is 1. The van der Waals surface area contributed by atoms with Gasteiger partial charge in [-0.1, -0.05) is 13.8 Å². The lowest BCUT2D eigenvalue weighted by Gasteiger charge is -2.42. The van der Waals surface area contributed by atoms with E-state index in [4.69, 9.17) is 9.47 Å². The van der Waals surface area contributed by atoms with E-state index in [0.717, 1.165) is 5.69 Å². The van der Waals surface area contributed by atoms with Gasteiger partial charge in [0.1, 0.15) is 0 Å². The van der Waals surface area contributed by atoms with E-state index in [2.05, 4.69) is 18.9 Å². The van der Waals surface area contributed by atoms with Crippen molar-refractivity contribution in [2.24, 2.45) is 7.05 Å². The van der Waals surface area contributed by atoms with Gasteiger partial charge in [-0.2, -0.15) is 5.10 Å². The summed E-state index contributed by atoms with van der Waals surface area (Å²) in [4.78, 5) is 14.8. The van der Waals surface area contributed by atoms with Crippen molar-refractivity contribution in [3.63, 3.8) is 0 Å². The van der Waals surface area contributed by atoms with Crippen molar-refractivity contribution in [3.8, 4) is 0 Å². The van der Waals surface area contributed by atoms with Crippen molar-refractivity contribution in [1.29, 1.82) is 0 Å². The predicted molar refractivity (Wildman–Crippen MR) is 84.0 cm³/mol. The molecule has 1 fully saturated rings. The Morgan fingerprint density at radius 2 is 2.23 bits per heavy atom. The molecule has 2 rings (SSSR count). The van der Waals surface area contributed by atoms with Crippen LogP contribution in [0.5, 0.6) is 0 Å². The summed E-state index contributed by atoms with van der Waals surface area (Å²) < 4.78 is 12.9. The van der Waals surface area contributed by atoms with Crippen molar-refractivity contribution in [1.82, 2.24) is 14.7 Å². The summed E-state index contributed by atoms with van der Waals surface area (Å²) in [5.41, 5.74) is 1.16. The minimum absolute atomic E-state index is 0.0225. The zero-order valence-corrected chi connectivity index (χ0v) is 14.4. The fourth-order valence-electron chi connectivity index (χ4n) is 2.99. The number of hydrogen-bond donors (Lipinski definition) is 0. The fourth-order valence-corrected chi connectivity index (χ4v) is 2.99. The van der Waals surface area contributed by atoms with Gasteiger partial charge < -0.3 is 14.4 Å². The number of rotatable bonds is 4. The molecule has 2 heterocycles. The first kappa shape index (κ1) is 17.0. The van der Waals surface area contributed by atoms with Crippen LogP contribution in [0.1, 0.15) is 49.7 Å². The number of carbonyl (C=O) groups excluding carboxylic acids is 1. The second kappa shape index (κ2) is 6.38. The highest BCUT2D eigenvalue weighted by Crippen LogP contribution is 2.25. The summed E-state index contributed by atoms with van der Waals surface area (Å²) in [6, 6.07) is 0. The Bertz CT molecular complexity index is 537. The maximum absolute atomic E-state index is 13.0. The molecule has 1 aliphatic rings.